The number of carbonyl (C=O) groups excluding carboxylic acids is 1. The lowest BCUT2D eigenvalue weighted by molar-refractivity contribution is 0.0733. The van der Waals surface area contributed by atoms with Crippen LogP contribution >= 0.6 is 43.2 Å². The van der Waals surface area contributed by atoms with E-state index in [1.165, 1.54) is 11.3 Å². The van der Waals surface area contributed by atoms with Crippen molar-refractivity contribution in [1.29, 1.82) is 0 Å². The van der Waals surface area contributed by atoms with Crippen LogP contribution in [0.3, 0.4) is 0 Å². The largest absolute Gasteiger partial charge is 0.334 e. The summed E-state index contributed by atoms with van der Waals surface area (Å²) in [6, 6.07) is 5.83. The van der Waals surface area contributed by atoms with Crippen molar-refractivity contribution in [3.63, 3.8) is 0 Å². The number of hydrogen-bond donors (Lipinski definition) is 0. The van der Waals surface area contributed by atoms with Crippen LogP contribution in [0.15, 0.2) is 32.0 Å². The molecular formula is C13H10Br2N2OS. The maximum atomic E-state index is 12.5. The Morgan fingerprint density at radius 2 is 2.26 bits per heavy atom. The normalized spacial score (nSPS) is 14.3. The van der Waals surface area contributed by atoms with Gasteiger partial charge in [0.1, 0.15) is 0 Å². The van der Waals surface area contributed by atoms with Gasteiger partial charge in [-0.25, -0.2) is 0 Å². The summed E-state index contributed by atoms with van der Waals surface area (Å²) in [6.45, 7) is 1.37. The van der Waals surface area contributed by atoms with Crippen molar-refractivity contribution in [2.75, 3.05) is 6.54 Å². The Morgan fingerprint density at radius 1 is 1.42 bits per heavy atom. The Kier molecular flexibility index (Phi) is 3.73. The molecule has 0 unspecified atom stereocenters. The van der Waals surface area contributed by atoms with Gasteiger partial charge < -0.3 is 4.90 Å². The Labute approximate surface area is 131 Å². The van der Waals surface area contributed by atoms with Gasteiger partial charge in [0.2, 0.25) is 0 Å². The lowest BCUT2D eigenvalue weighted by Gasteiger charge is -2.28. The molecule has 0 N–H and O–H groups in total. The molecule has 0 fully saturated rings. The third-order valence-electron chi connectivity index (χ3n) is 3.14. The second kappa shape index (κ2) is 5.34. The Balaban J connectivity index is 1.85. The van der Waals surface area contributed by atoms with Crippen LogP contribution in [-0.4, -0.2) is 22.3 Å². The summed E-state index contributed by atoms with van der Waals surface area (Å²) in [4.78, 5) is 18.7. The van der Waals surface area contributed by atoms with Crippen molar-refractivity contribution in [3.8, 4) is 0 Å². The van der Waals surface area contributed by atoms with Crippen LogP contribution in [0.25, 0.3) is 0 Å². The number of hydrogen-bond acceptors (Lipinski definition) is 3. The number of fused-ring (bicyclic) bond motifs is 1. The van der Waals surface area contributed by atoms with E-state index in [0.717, 1.165) is 37.4 Å². The van der Waals surface area contributed by atoms with Crippen LogP contribution in [-0.2, 0) is 13.0 Å². The highest BCUT2D eigenvalue weighted by molar-refractivity contribution is 9.12. The van der Waals surface area contributed by atoms with E-state index in [2.05, 4.69) is 36.8 Å². The van der Waals surface area contributed by atoms with E-state index in [-0.39, 0.29) is 5.91 Å². The highest BCUT2D eigenvalue weighted by Crippen LogP contribution is 2.33. The first-order chi connectivity index (χ1) is 9.15. The van der Waals surface area contributed by atoms with Gasteiger partial charge in [-0.2, -0.15) is 0 Å². The molecular weight excluding hydrogens is 392 g/mol. The first-order valence-electron chi connectivity index (χ1n) is 5.82. The zero-order valence-corrected chi connectivity index (χ0v) is 13.9. The first kappa shape index (κ1) is 13.3. The number of aromatic nitrogens is 1. The van der Waals surface area contributed by atoms with E-state index in [4.69, 9.17) is 0 Å². The SMILES string of the molecule is O=C(c1cc(Br)sc1Br)N1CCc2ncccc2C1. The topological polar surface area (TPSA) is 33.2 Å². The summed E-state index contributed by atoms with van der Waals surface area (Å²) in [6.07, 6.45) is 2.63. The second-order valence-corrected chi connectivity index (χ2v) is 8.07. The molecule has 0 bridgehead atoms. The highest BCUT2D eigenvalue weighted by Gasteiger charge is 2.24. The van der Waals surface area contributed by atoms with E-state index in [9.17, 15) is 4.79 Å². The summed E-state index contributed by atoms with van der Waals surface area (Å²) in [5.74, 6) is 0.0725. The first-order valence-corrected chi connectivity index (χ1v) is 8.22. The van der Waals surface area contributed by atoms with Gasteiger partial charge in [0.05, 0.1) is 13.1 Å². The molecule has 0 atom stereocenters. The number of amides is 1. The summed E-state index contributed by atoms with van der Waals surface area (Å²) in [7, 11) is 0. The van der Waals surface area contributed by atoms with Crippen LogP contribution in [0.5, 0.6) is 0 Å². The van der Waals surface area contributed by atoms with E-state index in [1.54, 1.807) is 0 Å². The maximum absolute atomic E-state index is 12.5. The standard InChI is InChI=1S/C13H10Br2N2OS/c14-11-6-9(12(15)19-11)13(18)17-5-3-10-8(7-17)2-1-4-16-10/h1-2,4,6H,3,5,7H2. The van der Waals surface area contributed by atoms with Crippen LogP contribution < -0.4 is 0 Å². The second-order valence-electron chi connectivity index (χ2n) is 4.32. The lowest BCUT2D eigenvalue weighted by atomic mass is 10.1. The van der Waals surface area contributed by atoms with Gasteiger partial charge in [-0.15, -0.1) is 11.3 Å². The number of nitrogens with zero attached hydrogens (tertiary/aromatic N) is 2. The Morgan fingerprint density at radius 3 is 3.00 bits per heavy atom. The van der Waals surface area contributed by atoms with Crippen LogP contribution in [0, 0.1) is 0 Å². The van der Waals surface area contributed by atoms with Crippen molar-refractivity contribution in [2.24, 2.45) is 0 Å². The summed E-state index contributed by atoms with van der Waals surface area (Å²) in [5.41, 5.74) is 2.98. The molecule has 1 aliphatic heterocycles. The van der Waals surface area contributed by atoms with Crippen molar-refractivity contribution in [2.45, 2.75) is 13.0 Å². The van der Waals surface area contributed by atoms with E-state index >= 15 is 0 Å². The molecule has 0 spiro atoms. The minimum Gasteiger partial charge on any atom is -0.334 e. The average molecular weight is 402 g/mol. The quantitative estimate of drug-likeness (QED) is 0.726. The van der Waals surface area contributed by atoms with Crippen LogP contribution in [0.4, 0.5) is 0 Å². The molecule has 1 amide bonds. The van der Waals surface area contributed by atoms with Crippen molar-refractivity contribution in [1.82, 2.24) is 9.88 Å². The molecule has 2 aromatic heterocycles. The van der Waals surface area contributed by atoms with Gasteiger partial charge in [0, 0.05) is 31.4 Å². The Bertz CT molecular complexity index is 641. The monoisotopic (exact) mass is 400 g/mol. The summed E-state index contributed by atoms with van der Waals surface area (Å²) in [5, 5.41) is 0. The third kappa shape index (κ3) is 2.61. The van der Waals surface area contributed by atoms with E-state index in [0.29, 0.717) is 6.54 Å². The fraction of sp³-hybridized carbons (Fsp3) is 0.231. The predicted molar refractivity (Wildman–Crippen MR) is 82.4 cm³/mol. The van der Waals surface area contributed by atoms with Gasteiger partial charge in [0.15, 0.2) is 0 Å². The molecule has 0 aromatic carbocycles. The van der Waals surface area contributed by atoms with E-state index in [1.807, 2.05) is 29.3 Å². The molecule has 3 rings (SSSR count). The molecule has 2 aromatic rings. The Hall–Kier alpha value is -0.720. The molecule has 1 aliphatic rings. The third-order valence-corrected chi connectivity index (χ3v) is 5.48. The molecule has 98 valence electrons. The molecule has 0 saturated heterocycles. The molecule has 0 aliphatic carbocycles. The smallest absolute Gasteiger partial charge is 0.256 e. The maximum Gasteiger partial charge on any atom is 0.256 e. The summed E-state index contributed by atoms with van der Waals surface area (Å²) >= 11 is 8.37. The van der Waals surface area contributed by atoms with Gasteiger partial charge in [-0.3, -0.25) is 9.78 Å². The molecule has 0 saturated carbocycles. The molecule has 3 heterocycles. The number of carbonyl (C=O) groups is 1. The predicted octanol–water partition coefficient (Wildman–Crippen LogP) is 3.87. The van der Waals surface area contributed by atoms with Crippen molar-refractivity contribution in [3.05, 3.63) is 48.8 Å². The van der Waals surface area contributed by atoms with Crippen LogP contribution in [0.2, 0.25) is 0 Å². The average Bonchev–Trinajstić information content (AvgIpc) is 2.76. The lowest BCUT2D eigenvalue weighted by Crippen LogP contribution is -2.36. The molecule has 3 nitrogen and oxygen atoms in total. The molecule has 0 radical (unpaired) electrons. The van der Waals surface area contributed by atoms with Crippen molar-refractivity contribution < 1.29 is 4.79 Å². The highest BCUT2D eigenvalue weighted by atomic mass is 79.9. The van der Waals surface area contributed by atoms with Gasteiger partial charge >= 0.3 is 0 Å². The van der Waals surface area contributed by atoms with E-state index < -0.39 is 0 Å². The summed E-state index contributed by atoms with van der Waals surface area (Å²) < 4.78 is 1.84. The molecule has 6 heteroatoms. The number of rotatable bonds is 1. The fourth-order valence-corrected chi connectivity index (χ4v) is 4.97. The number of thiophene rings is 1. The van der Waals surface area contributed by atoms with Gasteiger partial charge in [-0.1, -0.05) is 6.07 Å². The van der Waals surface area contributed by atoms with Gasteiger partial charge in [0.25, 0.3) is 5.91 Å². The van der Waals surface area contributed by atoms with Gasteiger partial charge in [-0.05, 0) is 49.6 Å². The fourth-order valence-electron chi connectivity index (χ4n) is 2.20. The number of halogens is 2. The zero-order chi connectivity index (χ0) is 13.4. The minimum absolute atomic E-state index is 0.0725. The zero-order valence-electron chi connectivity index (χ0n) is 9.90. The minimum atomic E-state index is 0.0725. The van der Waals surface area contributed by atoms with Crippen LogP contribution in [0.1, 0.15) is 21.6 Å². The molecule has 19 heavy (non-hydrogen) atoms. The number of pyridine rings is 1. The van der Waals surface area contributed by atoms with Crippen molar-refractivity contribution >= 4 is 49.1 Å².